The number of benzene rings is 2. The summed E-state index contributed by atoms with van der Waals surface area (Å²) in [4.78, 5) is 22.3. The number of rotatable bonds is 4. The third-order valence-electron chi connectivity index (χ3n) is 4.25. The quantitative estimate of drug-likeness (QED) is 0.414. The van der Waals surface area contributed by atoms with E-state index in [4.69, 9.17) is 27.7 Å². The Bertz CT molecular complexity index is 1180. The predicted molar refractivity (Wildman–Crippen MR) is 112 cm³/mol. The largest absolute Gasteiger partial charge is 0.336 e. The first kappa shape index (κ1) is 19.1. The van der Waals surface area contributed by atoms with Gasteiger partial charge in [-0.1, -0.05) is 58.7 Å². The highest BCUT2D eigenvalue weighted by molar-refractivity contribution is 6.34. The number of aromatic nitrogens is 3. The van der Waals surface area contributed by atoms with Crippen LogP contribution in [0.2, 0.25) is 10.0 Å². The number of hydrogen-bond acceptors (Lipinski definition) is 5. The SMILES string of the molecule is CC(=O)N(c1ccccc1Cl)c1onc(-c2ccccc2Cl)c1-c1ccncn1. The smallest absolute Gasteiger partial charge is 0.248 e. The lowest BCUT2D eigenvalue weighted by Gasteiger charge is -2.20. The van der Waals surface area contributed by atoms with Crippen molar-refractivity contribution in [2.45, 2.75) is 6.92 Å². The third-order valence-corrected chi connectivity index (χ3v) is 4.90. The maximum atomic E-state index is 12.6. The molecule has 29 heavy (non-hydrogen) atoms. The first-order valence-corrected chi connectivity index (χ1v) is 9.39. The molecule has 0 aliphatic heterocycles. The fourth-order valence-corrected chi connectivity index (χ4v) is 3.44. The number of anilines is 2. The van der Waals surface area contributed by atoms with E-state index in [1.54, 1.807) is 42.6 Å². The number of amides is 1. The highest BCUT2D eigenvalue weighted by Gasteiger charge is 2.29. The van der Waals surface area contributed by atoms with Crippen molar-refractivity contribution in [3.8, 4) is 22.5 Å². The second kappa shape index (κ2) is 8.03. The van der Waals surface area contributed by atoms with Crippen LogP contribution in [0, 0.1) is 0 Å². The van der Waals surface area contributed by atoms with E-state index in [1.807, 2.05) is 18.2 Å². The first-order valence-electron chi connectivity index (χ1n) is 8.64. The molecule has 0 fully saturated rings. The molecule has 2 heterocycles. The van der Waals surface area contributed by atoms with Gasteiger partial charge in [0.1, 0.15) is 12.0 Å². The van der Waals surface area contributed by atoms with Gasteiger partial charge in [0.05, 0.1) is 27.0 Å². The van der Waals surface area contributed by atoms with E-state index in [1.165, 1.54) is 18.2 Å². The number of para-hydroxylation sites is 1. The first-order chi connectivity index (χ1) is 14.1. The Morgan fingerprint density at radius 3 is 2.38 bits per heavy atom. The van der Waals surface area contributed by atoms with Gasteiger partial charge in [-0.2, -0.15) is 0 Å². The van der Waals surface area contributed by atoms with Crippen molar-refractivity contribution in [1.29, 1.82) is 0 Å². The van der Waals surface area contributed by atoms with Gasteiger partial charge >= 0.3 is 0 Å². The standard InChI is InChI=1S/C21H14Cl2N4O2/c1-13(28)27(18-9-5-4-8-16(18)23)21-19(17-10-11-24-12-25-17)20(26-29-21)14-6-2-3-7-15(14)22/h2-12H,1H3. The molecule has 0 aliphatic carbocycles. The monoisotopic (exact) mass is 424 g/mol. The summed E-state index contributed by atoms with van der Waals surface area (Å²) in [6, 6.07) is 15.9. The van der Waals surface area contributed by atoms with Crippen molar-refractivity contribution < 1.29 is 9.32 Å². The van der Waals surface area contributed by atoms with Gasteiger partial charge in [0, 0.05) is 18.7 Å². The average molecular weight is 425 g/mol. The normalized spacial score (nSPS) is 10.7. The van der Waals surface area contributed by atoms with E-state index in [0.717, 1.165) is 0 Å². The summed E-state index contributed by atoms with van der Waals surface area (Å²) in [5.41, 5.74) is 2.63. The number of hydrogen-bond donors (Lipinski definition) is 0. The van der Waals surface area contributed by atoms with Gasteiger partial charge in [-0.15, -0.1) is 0 Å². The van der Waals surface area contributed by atoms with Crippen LogP contribution < -0.4 is 4.90 Å². The number of nitrogens with zero attached hydrogens (tertiary/aromatic N) is 4. The van der Waals surface area contributed by atoms with E-state index in [2.05, 4.69) is 15.1 Å². The lowest BCUT2D eigenvalue weighted by Crippen LogP contribution is -2.23. The molecule has 0 radical (unpaired) electrons. The summed E-state index contributed by atoms with van der Waals surface area (Å²) in [5, 5.41) is 5.12. The molecule has 6 nitrogen and oxygen atoms in total. The van der Waals surface area contributed by atoms with Gasteiger partial charge in [-0.05, 0) is 24.3 Å². The van der Waals surface area contributed by atoms with Crippen LogP contribution in [0.1, 0.15) is 6.92 Å². The van der Waals surface area contributed by atoms with Crippen molar-refractivity contribution in [3.05, 3.63) is 77.2 Å². The fourth-order valence-electron chi connectivity index (χ4n) is 3.00. The number of halogens is 2. The van der Waals surface area contributed by atoms with Crippen LogP contribution in [-0.4, -0.2) is 21.0 Å². The highest BCUT2D eigenvalue weighted by Crippen LogP contribution is 2.44. The predicted octanol–water partition coefficient (Wildman–Crippen LogP) is 5.79. The molecule has 0 N–H and O–H groups in total. The van der Waals surface area contributed by atoms with Gasteiger partial charge in [-0.25, -0.2) is 14.9 Å². The van der Waals surface area contributed by atoms with E-state index >= 15 is 0 Å². The molecular formula is C21H14Cl2N4O2. The summed E-state index contributed by atoms with van der Waals surface area (Å²) in [6.07, 6.45) is 3.01. The Labute approximate surface area is 176 Å². The summed E-state index contributed by atoms with van der Waals surface area (Å²) < 4.78 is 5.67. The Kier molecular flexibility index (Phi) is 5.29. The van der Waals surface area contributed by atoms with Crippen LogP contribution in [0.15, 0.2) is 71.6 Å². The zero-order valence-electron chi connectivity index (χ0n) is 15.2. The van der Waals surface area contributed by atoms with E-state index in [-0.39, 0.29) is 11.8 Å². The molecule has 2 aromatic carbocycles. The molecule has 4 rings (SSSR count). The maximum Gasteiger partial charge on any atom is 0.248 e. The van der Waals surface area contributed by atoms with Crippen molar-refractivity contribution >= 4 is 40.7 Å². The lowest BCUT2D eigenvalue weighted by atomic mass is 10.0. The lowest BCUT2D eigenvalue weighted by molar-refractivity contribution is -0.116. The van der Waals surface area contributed by atoms with Gasteiger partial charge in [-0.3, -0.25) is 4.79 Å². The summed E-state index contributed by atoms with van der Waals surface area (Å²) >= 11 is 12.8. The van der Waals surface area contributed by atoms with E-state index in [0.29, 0.717) is 38.2 Å². The molecule has 2 aromatic heterocycles. The van der Waals surface area contributed by atoms with Crippen LogP contribution >= 0.6 is 23.2 Å². The molecular weight excluding hydrogens is 411 g/mol. The second-order valence-electron chi connectivity index (χ2n) is 6.09. The zero-order chi connectivity index (χ0) is 20.4. The van der Waals surface area contributed by atoms with Crippen LogP contribution in [-0.2, 0) is 4.79 Å². The minimum Gasteiger partial charge on any atom is -0.336 e. The minimum absolute atomic E-state index is 0.194. The average Bonchev–Trinajstić information content (AvgIpc) is 3.15. The molecule has 8 heteroatoms. The van der Waals surface area contributed by atoms with Gasteiger partial charge in [0.2, 0.25) is 11.8 Å². The molecule has 0 bridgehead atoms. The van der Waals surface area contributed by atoms with E-state index < -0.39 is 0 Å². The fraction of sp³-hybridized carbons (Fsp3) is 0.0476. The van der Waals surface area contributed by atoms with Gasteiger partial charge < -0.3 is 4.52 Å². The summed E-state index contributed by atoms with van der Waals surface area (Å²) in [5.74, 6) is -0.102. The molecule has 1 amide bonds. The molecule has 0 aliphatic rings. The number of carbonyl (C=O) groups excluding carboxylic acids is 1. The molecule has 0 spiro atoms. The Balaban J connectivity index is 2.00. The minimum atomic E-state index is -0.296. The third kappa shape index (κ3) is 3.60. The summed E-state index contributed by atoms with van der Waals surface area (Å²) in [7, 11) is 0. The topological polar surface area (TPSA) is 72.1 Å². The van der Waals surface area contributed by atoms with Gasteiger partial charge in [0.15, 0.2) is 0 Å². The molecule has 144 valence electrons. The maximum absolute atomic E-state index is 12.6. The van der Waals surface area contributed by atoms with Crippen molar-refractivity contribution in [2.24, 2.45) is 0 Å². The molecule has 0 unspecified atom stereocenters. The number of carbonyl (C=O) groups is 1. The van der Waals surface area contributed by atoms with Crippen molar-refractivity contribution in [2.75, 3.05) is 4.90 Å². The highest BCUT2D eigenvalue weighted by atomic mass is 35.5. The molecule has 4 aromatic rings. The molecule has 0 atom stereocenters. The van der Waals surface area contributed by atoms with Crippen LogP contribution in [0.3, 0.4) is 0 Å². The molecule has 0 saturated heterocycles. The van der Waals surface area contributed by atoms with Crippen molar-refractivity contribution in [1.82, 2.24) is 15.1 Å². The Morgan fingerprint density at radius 1 is 1.00 bits per heavy atom. The zero-order valence-corrected chi connectivity index (χ0v) is 16.7. The summed E-state index contributed by atoms with van der Waals surface area (Å²) in [6.45, 7) is 1.42. The van der Waals surface area contributed by atoms with Gasteiger partial charge in [0.25, 0.3) is 0 Å². The van der Waals surface area contributed by atoms with Crippen LogP contribution in [0.25, 0.3) is 22.5 Å². The van der Waals surface area contributed by atoms with Crippen molar-refractivity contribution in [3.63, 3.8) is 0 Å². The molecule has 0 saturated carbocycles. The second-order valence-corrected chi connectivity index (χ2v) is 6.91. The Hall–Kier alpha value is -3.22. The van der Waals surface area contributed by atoms with Crippen LogP contribution in [0.5, 0.6) is 0 Å². The van der Waals surface area contributed by atoms with Crippen LogP contribution in [0.4, 0.5) is 11.6 Å². The van der Waals surface area contributed by atoms with E-state index in [9.17, 15) is 4.79 Å². The Morgan fingerprint density at radius 2 is 1.72 bits per heavy atom.